The van der Waals surface area contributed by atoms with Gasteiger partial charge in [-0.05, 0) is 42.9 Å². The SMILES string of the molecule is CCCOc1ncc(CNC(=O)C(CS)CC(C)C)n1Cc1ccc(-c2ccccc2S(=O)(=O)NC(=O)NCC)cc1. The van der Waals surface area contributed by atoms with E-state index in [4.69, 9.17) is 4.74 Å². The largest absolute Gasteiger partial charge is 0.465 e. The molecule has 10 nitrogen and oxygen atoms in total. The van der Waals surface area contributed by atoms with Crippen molar-refractivity contribution in [2.45, 2.75) is 58.5 Å². The molecule has 0 aliphatic heterocycles. The normalized spacial score (nSPS) is 12.1. The van der Waals surface area contributed by atoms with E-state index >= 15 is 0 Å². The summed E-state index contributed by atoms with van der Waals surface area (Å²) in [6, 6.07) is 13.7. The van der Waals surface area contributed by atoms with Gasteiger partial charge < -0.3 is 15.4 Å². The van der Waals surface area contributed by atoms with E-state index in [2.05, 4.69) is 46.8 Å². The first kappa shape index (κ1) is 33.0. The summed E-state index contributed by atoms with van der Waals surface area (Å²) in [6.45, 7) is 9.43. The van der Waals surface area contributed by atoms with Crippen LogP contribution in [0.5, 0.6) is 6.01 Å². The number of hydrogen-bond donors (Lipinski definition) is 4. The molecule has 1 atom stereocenters. The van der Waals surface area contributed by atoms with Crippen molar-refractivity contribution in [3.05, 3.63) is 66.0 Å². The number of hydrogen-bond acceptors (Lipinski definition) is 7. The molecule has 228 valence electrons. The van der Waals surface area contributed by atoms with Crippen molar-refractivity contribution in [1.82, 2.24) is 24.9 Å². The van der Waals surface area contributed by atoms with Crippen LogP contribution in [0.25, 0.3) is 11.1 Å². The predicted molar refractivity (Wildman–Crippen MR) is 167 cm³/mol. The summed E-state index contributed by atoms with van der Waals surface area (Å²) in [6.07, 6.45) is 3.29. The first-order valence-corrected chi connectivity index (χ1v) is 16.3. The zero-order valence-corrected chi connectivity index (χ0v) is 26.3. The number of nitrogens with one attached hydrogen (secondary N) is 3. The molecule has 1 aromatic heterocycles. The van der Waals surface area contributed by atoms with Crippen LogP contribution in [-0.4, -0.2) is 48.8 Å². The number of benzene rings is 2. The van der Waals surface area contributed by atoms with Crippen LogP contribution in [0.15, 0.2) is 59.6 Å². The molecule has 0 fully saturated rings. The van der Waals surface area contributed by atoms with Crippen LogP contribution >= 0.6 is 12.6 Å². The summed E-state index contributed by atoms with van der Waals surface area (Å²) < 4.78 is 35.8. The number of aromatic nitrogens is 2. The number of urea groups is 1. The van der Waals surface area contributed by atoms with Gasteiger partial charge in [0.2, 0.25) is 5.91 Å². The van der Waals surface area contributed by atoms with Gasteiger partial charge in [-0.15, -0.1) is 0 Å². The maximum Gasteiger partial charge on any atom is 0.328 e. The van der Waals surface area contributed by atoms with Crippen molar-refractivity contribution in [3.8, 4) is 17.1 Å². The highest BCUT2D eigenvalue weighted by molar-refractivity contribution is 7.90. The standard InChI is InChI=1S/C30H41N5O5S2/c1-5-15-40-30-33-18-25(17-32-28(36)24(20-41)16-21(3)4)35(30)19-22-11-13-23(14-12-22)26-9-7-8-10-27(26)42(38,39)34-29(37)31-6-2/h7-14,18,21,24,41H,5-6,15-17,19-20H2,1-4H3,(H,32,36)(H2,31,34,37). The second kappa shape index (κ2) is 15.6. The third kappa shape index (κ3) is 8.99. The highest BCUT2D eigenvalue weighted by Gasteiger charge is 2.22. The third-order valence-corrected chi connectivity index (χ3v) is 8.30. The zero-order valence-electron chi connectivity index (χ0n) is 24.6. The fourth-order valence-electron chi connectivity index (χ4n) is 4.45. The molecule has 0 bridgehead atoms. The van der Waals surface area contributed by atoms with Crippen LogP contribution in [-0.2, 0) is 27.9 Å². The van der Waals surface area contributed by atoms with E-state index in [9.17, 15) is 18.0 Å². The van der Waals surface area contributed by atoms with Crippen molar-refractivity contribution in [1.29, 1.82) is 0 Å². The molecule has 1 heterocycles. The van der Waals surface area contributed by atoms with E-state index in [0.29, 0.717) is 55.0 Å². The fourth-order valence-corrected chi connectivity index (χ4v) is 5.93. The molecular formula is C30H41N5O5S2. The zero-order chi connectivity index (χ0) is 30.7. The van der Waals surface area contributed by atoms with Crippen molar-refractivity contribution in [2.24, 2.45) is 11.8 Å². The highest BCUT2D eigenvalue weighted by atomic mass is 32.2. The lowest BCUT2D eigenvalue weighted by Gasteiger charge is -2.17. The molecule has 0 spiro atoms. The van der Waals surface area contributed by atoms with Crippen LogP contribution in [0.1, 0.15) is 51.8 Å². The average Bonchev–Trinajstić information content (AvgIpc) is 3.34. The van der Waals surface area contributed by atoms with E-state index in [1.54, 1.807) is 31.3 Å². The summed E-state index contributed by atoms with van der Waals surface area (Å²) in [7, 11) is -4.09. The lowest BCUT2D eigenvalue weighted by atomic mass is 9.98. The topological polar surface area (TPSA) is 131 Å². The molecule has 2 aromatic carbocycles. The quantitative estimate of drug-likeness (QED) is 0.185. The fraction of sp³-hybridized carbons (Fsp3) is 0.433. The second-order valence-electron chi connectivity index (χ2n) is 10.4. The van der Waals surface area contributed by atoms with Crippen LogP contribution < -0.4 is 20.1 Å². The molecule has 12 heteroatoms. The Labute approximate surface area is 254 Å². The van der Waals surface area contributed by atoms with Gasteiger partial charge in [0.05, 0.1) is 36.5 Å². The van der Waals surface area contributed by atoms with Gasteiger partial charge >= 0.3 is 6.03 Å². The second-order valence-corrected chi connectivity index (χ2v) is 12.4. The number of imidazole rings is 1. The first-order chi connectivity index (χ1) is 20.1. The van der Waals surface area contributed by atoms with Gasteiger partial charge in [-0.3, -0.25) is 9.36 Å². The van der Waals surface area contributed by atoms with Crippen LogP contribution in [0, 0.1) is 11.8 Å². The molecule has 3 amide bonds. The Hall–Kier alpha value is -3.51. The number of carbonyl (C=O) groups excluding carboxylic acids is 2. The van der Waals surface area contributed by atoms with Gasteiger partial charge in [0.15, 0.2) is 0 Å². The van der Waals surface area contributed by atoms with E-state index < -0.39 is 16.1 Å². The summed E-state index contributed by atoms with van der Waals surface area (Å²) in [4.78, 5) is 29.2. The van der Waals surface area contributed by atoms with Gasteiger partial charge in [0, 0.05) is 23.8 Å². The van der Waals surface area contributed by atoms with Crippen molar-refractivity contribution < 1.29 is 22.7 Å². The lowest BCUT2D eigenvalue weighted by molar-refractivity contribution is -0.124. The van der Waals surface area contributed by atoms with Crippen LogP contribution in [0.4, 0.5) is 4.79 Å². The Morgan fingerprint density at radius 3 is 2.40 bits per heavy atom. The third-order valence-electron chi connectivity index (χ3n) is 6.47. The van der Waals surface area contributed by atoms with Gasteiger partial charge in [0.25, 0.3) is 16.0 Å². The highest BCUT2D eigenvalue weighted by Crippen LogP contribution is 2.28. The lowest BCUT2D eigenvalue weighted by Crippen LogP contribution is -2.39. The number of carbonyl (C=O) groups is 2. The number of amides is 3. The van der Waals surface area contributed by atoms with E-state index in [0.717, 1.165) is 24.1 Å². The molecular weight excluding hydrogens is 574 g/mol. The molecule has 0 radical (unpaired) electrons. The van der Waals surface area contributed by atoms with Crippen molar-refractivity contribution >= 4 is 34.6 Å². The molecule has 0 aliphatic carbocycles. The minimum Gasteiger partial charge on any atom is -0.465 e. The molecule has 0 saturated carbocycles. The van der Waals surface area contributed by atoms with Crippen LogP contribution in [0.2, 0.25) is 0 Å². The summed E-state index contributed by atoms with van der Waals surface area (Å²) in [5, 5.41) is 5.47. The Morgan fingerprint density at radius 2 is 1.76 bits per heavy atom. The first-order valence-electron chi connectivity index (χ1n) is 14.1. The predicted octanol–water partition coefficient (Wildman–Crippen LogP) is 4.60. The average molecular weight is 616 g/mol. The summed E-state index contributed by atoms with van der Waals surface area (Å²) >= 11 is 4.37. The number of sulfonamides is 1. The van der Waals surface area contributed by atoms with E-state index in [1.165, 1.54) is 6.07 Å². The Bertz CT molecular complexity index is 1440. The van der Waals surface area contributed by atoms with Gasteiger partial charge in [-0.25, -0.2) is 22.9 Å². The van der Waals surface area contributed by atoms with Gasteiger partial charge in [-0.1, -0.05) is 63.2 Å². The monoisotopic (exact) mass is 615 g/mol. The molecule has 0 aliphatic rings. The Morgan fingerprint density at radius 1 is 1.05 bits per heavy atom. The summed E-state index contributed by atoms with van der Waals surface area (Å²) in [5.74, 6) is 0.657. The van der Waals surface area contributed by atoms with Crippen molar-refractivity contribution in [2.75, 3.05) is 18.9 Å². The smallest absolute Gasteiger partial charge is 0.328 e. The molecule has 3 N–H and O–H groups in total. The Kier molecular flexibility index (Phi) is 12.3. The molecule has 3 rings (SSSR count). The van der Waals surface area contributed by atoms with Crippen molar-refractivity contribution in [3.63, 3.8) is 0 Å². The maximum absolute atomic E-state index is 12.9. The number of thiol groups is 1. The van der Waals surface area contributed by atoms with Gasteiger partial charge in [0.1, 0.15) is 0 Å². The number of rotatable bonds is 15. The number of nitrogens with zero attached hydrogens (tertiary/aromatic N) is 2. The molecule has 0 saturated heterocycles. The molecule has 3 aromatic rings. The molecule has 1 unspecified atom stereocenters. The summed E-state index contributed by atoms with van der Waals surface area (Å²) in [5.41, 5.74) is 2.88. The van der Waals surface area contributed by atoms with Crippen LogP contribution in [0.3, 0.4) is 0 Å². The van der Waals surface area contributed by atoms with Gasteiger partial charge in [-0.2, -0.15) is 12.6 Å². The Balaban J connectivity index is 1.83. The minimum absolute atomic E-state index is 0.00359. The molecule has 42 heavy (non-hydrogen) atoms. The van der Waals surface area contributed by atoms with E-state index in [-0.39, 0.29) is 16.7 Å². The van der Waals surface area contributed by atoms with E-state index in [1.807, 2.05) is 35.8 Å². The number of ether oxygens (including phenoxy) is 1. The maximum atomic E-state index is 12.9. The minimum atomic E-state index is -4.09.